The van der Waals surface area contributed by atoms with Crippen LogP contribution in [-0.4, -0.2) is 0 Å². The summed E-state index contributed by atoms with van der Waals surface area (Å²) in [6, 6.07) is 16.2. The summed E-state index contributed by atoms with van der Waals surface area (Å²) in [5.74, 6) is 1.43. The van der Waals surface area contributed by atoms with Crippen LogP contribution in [-0.2, 0) is 12.5 Å². The molecule has 0 unspecified atom stereocenters. The van der Waals surface area contributed by atoms with Gasteiger partial charge in [0, 0.05) is 5.88 Å². The van der Waals surface area contributed by atoms with Gasteiger partial charge in [-0.15, -0.1) is 11.6 Å². The third kappa shape index (κ3) is 3.24. The molecule has 88 valence electrons. The molecule has 0 spiro atoms. The SMILES string of the molecule is Cc1ccc(CCl)cc1OCc1ccccc1. The minimum absolute atomic E-state index is 0.516. The van der Waals surface area contributed by atoms with Crippen LogP contribution < -0.4 is 4.74 Å². The Morgan fingerprint density at radius 3 is 2.47 bits per heavy atom. The lowest BCUT2D eigenvalue weighted by molar-refractivity contribution is 0.304. The molecule has 0 saturated heterocycles. The van der Waals surface area contributed by atoms with Gasteiger partial charge in [-0.05, 0) is 29.7 Å². The topological polar surface area (TPSA) is 9.23 Å². The van der Waals surface area contributed by atoms with Gasteiger partial charge in [-0.3, -0.25) is 0 Å². The van der Waals surface area contributed by atoms with Gasteiger partial charge < -0.3 is 4.74 Å². The molecule has 17 heavy (non-hydrogen) atoms. The highest BCUT2D eigenvalue weighted by atomic mass is 35.5. The summed E-state index contributed by atoms with van der Waals surface area (Å²) >= 11 is 5.81. The van der Waals surface area contributed by atoms with Crippen LogP contribution in [0, 0.1) is 6.92 Å². The number of aryl methyl sites for hydroxylation is 1. The number of halogens is 1. The van der Waals surface area contributed by atoms with E-state index in [-0.39, 0.29) is 0 Å². The lowest BCUT2D eigenvalue weighted by atomic mass is 10.1. The van der Waals surface area contributed by atoms with Crippen LogP contribution in [0.5, 0.6) is 5.75 Å². The highest BCUT2D eigenvalue weighted by Gasteiger charge is 2.01. The standard InChI is InChI=1S/C15H15ClO/c1-12-7-8-14(10-16)9-15(12)17-11-13-5-3-2-4-6-13/h2-9H,10-11H2,1H3. The first-order valence-electron chi connectivity index (χ1n) is 5.62. The molecule has 0 aliphatic heterocycles. The molecule has 1 nitrogen and oxygen atoms in total. The second-order valence-electron chi connectivity index (χ2n) is 4.01. The van der Waals surface area contributed by atoms with Crippen molar-refractivity contribution < 1.29 is 4.74 Å². The summed E-state index contributed by atoms with van der Waals surface area (Å²) in [6.07, 6.45) is 0. The van der Waals surface area contributed by atoms with Gasteiger partial charge in [0.05, 0.1) is 0 Å². The predicted molar refractivity (Wildman–Crippen MR) is 71.5 cm³/mol. The van der Waals surface area contributed by atoms with Crippen LogP contribution in [0.4, 0.5) is 0 Å². The Morgan fingerprint density at radius 2 is 1.76 bits per heavy atom. The van der Waals surface area contributed by atoms with Crippen molar-refractivity contribution in [3.63, 3.8) is 0 Å². The van der Waals surface area contributed by atoms with Crippen molar-refractivity contribution in [1.29, 1.82) is 0 Å². The largest absolute Gasteiger partial charge is 0.489 e. The molecule has 2 aromatic carbocycles. The van der Waals surface area contributed by atoms with Crippen LogP contribution >= 0.6 is 11.6 Å². The van der Waals surface area contributed by atoms with E-state index in [4.69, 9.17) is 16.3 Å². The summed E-state index contributed by atoms with van der Waals surface area (Å²) in [4.78, 5) is 0. The lowest BCUT2D eigenvalue weighted by Crippen LogP contribution is -1.97. The van der Waals surface area contributed by atoms with E-state index in [2.05, 4.69) is 12.1 Å². The van der Waals surface area contributed by atoms with E-state index in [9.17, 15) is 0 Å². The van der Waals surface area contributed by atoms with Crippen molar-refractivity contribution in [2.24, 2.45) is 0 Å². The van der Waals surface area contributed by atoms with Gasteiger partial charge >= 0.3 is 0 Å². The Balaban J connectivity index is 2.08. The maximum Gasteiger partial charge on any atom is 0.123 e. The molecule has 2 aromatic rings. The molecule has 0 radical (unpaired) electrons. The summed E-state index contributed by atoms with van der Waals surface area (Å²) in [6.45, 7) is 2.63. The van der Waals surface area contributed by atoms with E-state index >= 15 is 0 Å². The molecule has 2 heteroatoms. The number of alkyl halides is 1. The fraction of sp³-hybridized carbons (Fsp3) is 0.200. The van der Waals surface area contributed by atoms with Crippen molar-refractivity contribution >= 4 is 11.6 Å². The first-order chi connectivity index (χ1) is 8.29. The van der Waals surface area contributed by atoms with E-state index in [1.807, 2.05) is 43.3 Å². The molecule has 0 heterocycles. The van der Waals surface area contributed by atoms with Gasteiger partial charge in [0.15, 0.2) is 0 Å². The molecule has 0 aliphatic rings. The zero-order valence-electron chi connectivity index (χ0n) is 9.82. The van der Waals surface area contributed by atoms with Crippen LogP contribution in [0.2, 0.25) is 0 Å². The first-order valence-corrected chi connectivity index (χ1v) is 6.15. The molecule has 0 N–H and O–H groups in total. The Labute approximate surface area is 107 Å². The van der Waals surface area contributed by atoms with Gasteiger partial charge in [0.1, 0.15) is 12.4 Å². The zero-order chi connectivity index (χ0) is 12.1. The molecular weight excluding hydrogens is 232 g/mol. The Kier molecular flexibility index (Phi) is 4.05. The van der Waals surface area contributed by atoms with Crippen LogP contribution in [0.25, 0.3) is 0 Å². The molecule has 0 aliphatic carbocycles. The number of ether oxygens (including phenoxy) is 1. The summed E-state index contributed by atoms with van der Waals surface area (Å²) < 4.78 is 5.81. The second kappa shape index (κ2) is 5.74. The molecular formula is C15H15ClO. The normalized spacial score (nSPS) is 10.2. The van der Waals surface area contributed by atoms with E-state index < -0.39 is 0 Å². The van der Waals surface area contributed by atoms with E-state index in [1.54, 1.807) is 0 Å². The Hall–Kier alpha value is -1.47. The molecule has 0 fully saturated rings. The fourth-order valence-electron chi connectivity index (χ4n) is 1.62. The quantitative estimate of drug-likeness (QED) is 0.731. The Morgan fingerprint density at radius 1 is 1.00 bits per heavy atom. The monoisotopic (exact) mass is 246 g/mol. The third-order valence-electron chi connectivity index (χ3n) is 2.64. The number of rotatable bonds is 4. The lowest BCUT2D eigenvalue weighted by Gasteiger charge is -2.10. The van der Waals surface area contributed by atoms with Crippen molar-refractivity contribution in [2.45, 2.75) is 19.4 Å². The van der Waals surface area contributed by atoms with Crippen LogP contribution in [0.3, 0.4) is 0 Å². The first kappa shape index (κ1) is 12.0. The van der Waals surface area contributed by atoms with Crippen molar-refractivity contribution in [2.75, 3.05) is 0 Å². The van der Waals surface area contributed by atoms with Crippen molar-refractivity contribution in [3.05, 3.63) is 65.2 Å². The third-order valence-corrected chi connectivity index (χ3v) is 2.95. The zero-order valence-corrected chi connectivity index (χ0v) is 10.6. The van der Waals surface area contributed by atoms with Gasteiger partial charge in [-0.1, -0.05) is 42.5 Å². The minimum atomic E-state index is 0.516. The molecule has 0 bridgehead atoms. The summed E-state index contributed by atoms with van der Waals surface area (Å²) in [5, 5.41) is 0. The maximum atomic E-state index is 5.81. The predicted octanol–water partition coefficient (Wildman–Crippen LogP) is 4.31. The van der Waals surface area contributed by atoms with Gasteiger partial charge in [0.25, 0.3) is 0 Å². The number of hydrogen-bond acceptors (Lipinski definition) is 1. The average molecular weight is 247 g/mol. The fourth-order valence-corrected chi connectivity index (χ4v) is 1.78. The summed E-state index contributed by atoms with van der Waals surface area (Å²) in [5.41, 5.74) is 3.39. The minimum Gasteiger partial charge on any atom is -0.489 e. The molecule has 0 aromatic heterocycles. The number of benzene rings is 2. The highest BCUT2D eigenvalue weighted by Crippen LogP contribution is 2.21. The average Bonchev–Trinajstić information content (AvgIpc) is 2.39. The van der Waals surface area contributed by atoms with Gasteiger partial charge in [-0.2, -0.15) is 0 Å². The van der Waals surface area contributed by atoms with Crippen molar-refractivity contribution in [1.82, 2.24) is 0 Å². The van der Waals surface area contributed by atoms with E-state index in [0.29, 0.717) is 12.5 Å². The van der Waals surface area contributed by atoms with Gasteiger partial charge in [-0.25, -0.2) is 0 Å². The van der Waals surface area contributed by atoms with Gasteiger partial charge in [0.2, 0.25) is 0 Å². The van der Waals surface area contributed by atoms with Crippen LogP contribution in [0.1, 0.15) is 16.7 Å². The van der Waals surface area contributed by atoms with Crippen LogP contribution in [0.15, 0.2) is 48.5 Å². The summed E-state index contributed by atoms with van der Waals surface area (Å²) in [7, 11) is 0. The van der Waals surface area contributed by atoms with E-state index in [1.165, 1.54) is 5.56 Å². The molecule has 0 atom stereocenters. The molecule has 0 saturated carbocycles. The van der Waals surface area contributed by atoms with E-state index in [0.717, 1.165) is 16.9 Å². The highest BCUT2D eigenvalue weighted by molar-refractivity contribution is 6.17. The number of hydrogen-bond donors (Lipinski definition) is 0. The molecule has 0 amide bonds. The Bertz CT molecular complexity index is 480. The molecule has 2 rings (SSSR count). The smallest absolute Gasteiger partial charge is 0.123 e. The second-order valence-corrected chi connectivity index (χ2v) is 4.28. The maximum absolute atomic E-state index is 5.81. The van der Waals surface area contributed by atoms with Crippen molar-refractivity contribution in [3.8, 4) is 5.75 Å².